The van der Waals surface area contributed by atoms with Crippen LogP contribution in [0.4, 0.5) is 9.59 Å². The molecule has 0 aromatic carbocycles. The Morgan fingerprint density at radius 1 is 0.897 bits per heavy atom. The summed E-state index contributed by atoms with van der Waals surface area (Å²) in [5.74, 6) is 6.17. The van der Waals surface area contributed by atoms with Crippen LogP contribution in [0.15, 0.2) is 0 Å². The van der Waals surface area contributed by atoms with Gasteiger partial charge in [-0.15, -0.1) is 6.92 Å². The van der Waals surface area contributed by atoms with E-state index in [0.717, 1.165) is 25.8 Å². The van der Waals surface area contributed by atoms with E-state index >= 15 is 0 Å². The van der Waals surface area contributed by atoms with Gasteiger partial charge in [0.25, 0.3) is 0 Å². The molecule has 0 fully saturated rings. The zero-order valence-electron chi connectivity index (χ0n) is 24.4. The zero-order valence-corrected chi connectivity index (χ0v) is 28.9. The molecule has 0 atom stereocenters. The first-order valence-corrected chi connectivity index (χ1v) is 15.5. The molecule has 0 saturated heterocycles. The van der Waals surface area contributed by atoms with Gasteiger partial charge in [0.1, 0.15) is 5.94 Å². The molecule has 0 unspecified atom stereocenters. The van der Waals surface area contributed by atoms with E-state index in [0.29, 0.717) is 71.3 Å². The van der Waals surface area contributed by atoms with Crippen LogP contribution in [-0.4, -0.2) is 94.7 Å². The van der Waals surface area contributed by atoms with Crippen molar-refractivity contribution in [2.75, 3.05) is 71.8 Å². The van der Waals surface area contributed by atoms with Gasteiger partial charge in [-0.2, -0.15) is 6.42 Å². The van der Waals surface area contributed by atoms with Crippen molar-refractivity contribution in [3.8, 4) is 11.8 Å². The van der Waals surface area contributed by atoms with Crippen molar-refractivity contribution < 1.29 is 61.2 Å². The molecule has 13 heteroatoms. The number of urea groups is 1. The molecule has 0 saturated carbocycles. The third-order valence-corrected chi connectivity index (χ3v) is 7.66. The molecule has 4 N–H and O–H groups in total. The molecule has 0 bridgehead atoms. The maximum absolute atomic E-state index is 11.8. The number of hydrogen-bond acceptors (Lipinski definition) is 9. The van der Waals surface area contributed by atoms with Crippen molar-refractivity contribution in [3.63, 3.8) is 0 Å². The van der Waals surface area contributed by atoms with E-state index in [-0.39, 0.29) is 43.5 Å². The van der Waals surface area contributed by atoms with Gasteiger partial charge in [-0.3, -0.25) is 5.92 Å². The summed E-state index contributed by atoms with van der Waals surface area (Å²) in [6, 6.07) is 0.251. The SMILES string of the molecule is C[CH-]C#CCNC(=O)NCCCCOCSSC(C)(C)CCOC(=O)NCCOCCOCCNC(C)C.[Y]. The third kappa shape index (κ3) is 32.0. The van der Waals surface area contributed by atoms with E-state index in [1.807, 2.05) is 6.92 Å². The largest absolute Gasteiger partial charge is 0.450 e. The molecule has 0 aromatic heterocycles. The smallest absolute Gasteiger partial charge is 0.407 e. The second-order valence-corrected chi connectivity index (χ2v) is 12.0. The van der Waals surface area contributed by atoms with Gasteiger partial charge in [-0.25, -0.2) is 9.59 Å². The van der Waals surface area contributed by atoms with Crippen LogP contribution in [0.2, 0.25) is 0 Å². The molecule has 3 amide bonds. The Morgan fingerprint density at radius 3 is 2.31 bits per heavy atom. The Balaban J connectivity index is 0. The maximum atomic E-state index is 11.8. The number of unbranched alkanes of at least 4 members (excludes halogenated alkanes) is 1. The molecule has 0 aliphatic carbocycles. The molecule has 0 rings (SSSR count). The Bertz CT molecular complexity index is 666. The van der Waals surface area contributed by atoms with E-state index < -0.39 is 6.09 Å². The molecule has 225 valence electrons. The Hall–Kier alpha value is -0.386. The molecule has 1 radical (unpaired) electrons. The summed E-state index contributed by atoms with van der Waals surface area (Å²) in [7, 11) is 3.36. The van der Waals surface area contributed by atoms with Crippen LogP contribution in [0.1, 0.15) is 53.9 Å². The molecule has 0 aliphatic heterocycles. The number of alkyl carbamates (subject to hydrolysis) is 1. The number of nitrogens with one attached hydrogen (secondary N) is 4. The Kier molecular flexibility index (Phi) is 30.4. The Labute approximate surface area is 269 Å². The molecular formula is C26H49N4O6S2Y-. The fourth-order valence-corrected chi connectivity index (χ4v) is 4.87. The summed E-state index contributed by atoms with van der Waals surface area (Å²) in [5.41, 5.74) is 0. The summed E-state index contributed by atoms with van der Waals surface area (Å²) in [4.78, 5) is 23.4. The van der Waals surface area contributed by atoms with E-state index in [1.54, 1.807) is 28.0 Å². The number of ether oxygens (including phenoxy) is 4. The minimum Gasteiger partial charge on any atom is -0.450 e. The van der Waals surface area contributed by atoms with E-state index in [9.17, 15) is 9.59 Å². The van der Waals surface area contributed by atoms with Gasteiger partial charge < -0.3 is 46.1 Å². The molecular weight excluding hydrogens is 617 g/mol. The number of hydrogen-bond donors (Lipinski definition) is 4. The van der Waals surface area contributed by atoms with Gasteiger partial charge in [-0.1, -0.05) is 35.4 Å². The molecule has 0 spiro atoms. The topological polar surface area (TPSA) is 119 Å². The van der Waals surface area contributed by atoms with E-state index in [4.69, 9.17) is 18.9 Å². The average molecular weight is 667 g/mol. The molecule has 0 heterocycles. The van der Waals surface area contributed by atoms with Gasteiger partial charge in [0.15, 0.2) is 0 Å². The van der Waals surface area contributed by atoms with Crippen LogP contribution in [0, 0.1) is 18.3 Å². The Morgan fingerprint density at radius 2 is 1.62 bits per heavy atom. The van der Waals surface area contributed by atoms with Crippen LogP contribution in [0.5, 0.6) is 0 Å². The predicted molar refractivity (Wildman–Crippen MR) is 157 cm³/mol. The molecule has 0 aromatic rings. The fourth-order valence-electron chi connectivity index (χ4n) is 2.60. The fraction of sp³-hybridized carbons (Fsp3) is 0.808. The molecule has 10 nitrogen and oxygen atoms in total. The summed E-state index contributed by atoms with van der Waals surface area (Å²) < 4.78 is 21.7. The molecule has 39 heavy (non-hydrogen) atoms. The standard InChI is InChI=1S/C26H49N4O6S2.Y/c1-6-7-8-12-28-24(31)29-13-9-10-16-35-22-37-38-26(4,5)11-17-36-25(32)30-15-19-34-21-20-33-18-14-27-23(2)3;/h6,23,27H,9-22H2,1-5H3,(H,30,32)(H2,28,29,31);/q-1;. The number of carbonyl (C=O) groups excluding carboxylic acids is 2. The normalized spacial score (nSPS) is 10.7. The first-order chi connectivity index (χ1) is 18.3. The summed E-state index contributed by atoms with van der Waals surface area (Å²) in [5, 5.41) is 11.4. The van der Waals surface area contributed by atoms with E-state index in [1.165, 1.54) is 0 Å². The summed E-state index contributed by atoms with van der Waals surface area (Å²) in [6.07, 6.45) is 3.75. The van der Waals surface area contributed by atoms with Crippen LogP contribution in [0.25, 0.3) is 0 Å². The van der Waals surface area contributed by atoms with E-state index in [2.05, 4.69) is 60.8 Å². The summed E-state index contributed by atoms with van der Waals surface area (Å²) in [6.45, 7) is 15.5. The first kappa shape index (κ1) is 40.8. The summed E-state index contributed by atoms with van der Waals surface area (Å²) >= 11 is 0. The van der Waals surface area contributed by atoms with Gasteiger partial charge in [0, 0.05) is 69.7 Å². The van der Waals surface area contributed by atoms with Crippen molar-refractivity contribution >= 4 is 33.7 Å². The van der Waals surface area contributed by atoms with Crippen LogP contribution >= 0.6 is 21.6 Å². The number of rotatable bonds is 23. The maximum Gasteiger partial charge on any atom is 0.407 e. The van der Waals surface area contributed by atoms with Gasteiger partial charge >= 0.3 is 12.1 Å². The molecule has 0 aliphatic rings. The van der Waals surface area contributed by atoms with Gasteiger partial charge in [0.05, 0.1) is 33.0 Å². The van der Waals surface area contributed by atoms with Crippen molar-refractivity contribution in [3.05, 3.63) is 6.42 Å². The van der Waals surface area contributed by atoms with Gasteiger partial charge in [0.2, 0.25) is 0 Å². The van der Waals surface area contributed by atoms with Crippen LogP contribution in [0.3, 0.4) is 0 Å². The predicted octanol–water partition coefficient (Wildman–Crippen LogP) is 3.57. The van der Waals surface area contributed by atoms with Crippen LogP contribution in [-0.2, 0) is 51.7 Å². The minimum atomic E-state index is -0.433. The first-order valence-electron chi connectivity index (χ1n) is 13.2. The van der Waals surface area contributed by atoms with Crippen molar-refractivity contribution in [1.82, 2.24) is 21.3 Å². The van der Waals surface area contributed by atoms with Gasteiger partial charge in [-0.05, 0) is 39.7 Å². The number of amides is 3. The monoisotopic (exact) mass is 666 g/mol. The second kappa shape index (κ2) is 29.1. The second-order valence-electron chi connectivity index (χ2n) is 9.06. The number of carbonyl (C=O) groups is 2. The van der Waals surface area contributed by atoms with Crippen molar-refractivity contribution in [1.29, 1.82) is 0 Å². The third-order valence-electron chi connectivity index (χ3n) is 4.62. The van der Waals surface area contributed by atoms with Crippen molar-refractivity contribution in [2.24, 2.45) is 0 Å². The van der Waals surface area contributed by atoms with Crippen molar-refractivity contribution in [2.45, 2.75) is 64.7 Å². The minimum absolute atomic E-state index is 0. The quantitative estimate of drug-likeness (QED) is 0.0427. The average Bonchev–Trinajstić information content (AvgIpc) is 2.86. The zero-order chi connectivity index (χ0) is 28.3. The van der Waals surface area contributed by atoms with Crippen LogP contribution < -0.4 is 21.3 Å².